The van der Waals surface area contributed by atoms with Crippen molar-refractivity contribution in [2.75, 3.05) is 86.7 Å². The number of nitrogens with one attached hydrogen (secondary N) is 1. The summed E-state index contributed by atoms with van der Waals surface area (Å²) in [7, 11) is 0. The molecule has 0 bridgehead atoms. The molecule has 58 heavy (non-hydrogen) atoms. The molecule has 6 heterocycles. The molecular formula is C44H47ClN8O5. The summed E-state index contributed by atoms with van der Waals surface area (Å²) in [5, 5.41) is 2.74. The van der Waals surface area contributed by atoms with Crippen molar-refractivity contribution in [1.82, 2.24) is 20.0 Å². The molecule has 9 rings (SSSR count). The van der Waals surface area contributed by atoms with Gasteiger partial charge in [0.05, 0.1) is 17.7 Å². The van der Waals surface area contributed by atoms with Gasteiger partial charge in [0, 0.05) is 111 Å². The van der Waals surface area contributed by atoms with Gasteiger partial charge in [0.2, 0.25) is 17.5 Å². The lowest BCUT2D eigenvalue weighted by molar-refractivity contribution is -0.136. The normalized spacial score (nSPS) is 22.9. The zero-order valence-corrected chi connectivity index (χ0v) is 33.5. The van der Waals surface area contributed by atoms with Crippen LogP contribution >= 0.6 is 11.6 Å². The third-order valence-electron chi connectivity index (χ3n) is 13.4. The van der Waals surface area contributed by atoms with Crippen molar-refractivity contribution >= 4 is 63.9 Å². The smallest absolute Gasteiger partial charge is 0.262 e. The molecule has 1 N–H and O–H groups in total. The van der Waals surface area contributed by atoms with Gasteiger partial charge in [-0.2, -0.15) is 0 Å². The Kier molecular flexibility index (Phi) is 9.68. The van der Waals surface area contributed by atoms with Crippen molar-refractivity contribution in [3.05, 3.63) is 93.8 Å². The van der Waals surface area contributed by atoms with Crippen molar-refractivity contribution < 1.29 is 24.0 Å². The van der Waals surface area contributed by atoms with E-state index in [1.54, 1.807) is 18.2 Å². The van der Waals surface area contributed by atoms with Gasteiger partial charge in [0.25, 0.3) is 17.7 Å². The van der Waals surface area contributed by atoms with Crippen molar-refractivity contribution in [2.45, 2.75) is 45.1 Å². The fraction of sp³-hybridized carbons (Fsp3) is 0.455. The van der Waals surface area contributed by atoms with E-state index in [1.807, 2.05) is 35.2 Å². The molecule has 6 aliphatic heterocycles. The maximum absolute atomic E-state index is 13.6. The number of nitrogens with zero attached hydrogens (tertiary/aromatic N) is 7. The maximum atomic E-state index is 13.6. The van der Waals surface area contributed by atoms with E-state index in [-0.39, 0.29) is 29.6 Å². The lowest BCUT2D eigenvalue weighted by atomic mass is 9.77. The molecule has 13 nitrogen and oxygen atoms in total. The molecular weight excluding hydrogens is 756 g/mol. The summed E-state index contributed by atoms with van der Waals surface area (Å²) in [5.41, 5.74) is 5.15. The molecule has 5 saturated heterocycles. The van der Waals surface area contributed by atoms with Crippen molar-refractivity contribution in [3.63, 3.8) is 0 Å². The number of amides is 5. The Morgan fingerprint density at radius 2 is 1.43 bits per heavy atom. The molecule has 5 fully saturated rings. The van der Waals surface area contributed by atoms with E-state index in [0.29, 0.717) is 21.8 Å². The van der Waals surface area contributed by atoms with Gasteiger partial charge >= 0.3 is 0 Å². The van der Waals surface area contributed by atoms with Gasteiger partial charge in [0.15, 0.2) is 0 Å². The highest BCUT2D eigenvalue weighted by molar-refractivity contribution is 6.33. The molecule has 300 valence electrons. The summed E-state index contributed by atoms with van der Waals surface area (Å²) in [6, 6.07) is 18.1. The quantitative estimate of drug-likeness (QED) is 0.258. The van der Waals surface area contributed by atoms with Crippen LogP contribution in [0.3, 0.4) is 0 Å². The summed E-state index contributed by atoms with van der Waals surface area (Å²) in [6.07, 6.45) is 3.28. The zero-order chi connectivity index (χ0) is 40.3. The van der Waals surface area contributed by atoms with Crippen molar-refractivity contribution in [2.24, 2.45) is 10.8 Å². The van der Waals surface area contributed by atoms with Gasteiger partial charge in [-0.25, -0.2) is 4.85 Å². The number of piperidine rings is 2. The van der Waals surface area contributed by atoms with Crippen LogP contribution in [0.5, 0.6) is 0 Å². The summed E-state index contributed by atoms with van der Waals surface area (Å²) < 4.78 is 0. The van der Waals surface area contributed by atoms with Gasteiger partial charge in [-0.05, 0) is 85.7 Å². The minimum atomic E-state index is -0.973. The highest BCUT2D eigenvalue weighted by Crippen LogP contribution is 2.43. The first-order valence-electron chi connectivity index (χ1n) is 20.3. The number of halogens is 1. The number of benzene rings is 3. The predicted octanol–water partition coefficient (Wildman–Crippen LogP) is 5.07. The van der Waals surface area contributed by atoms with Crippen LogP contribution in [-0.2, 0) is 9.59 Å². The Balaban J connectivity index is 0.730. The van der Waals surface area contributed by atoms with Crippen LogP contribution in [0, 0.1) is 17.4 Å². The fourth-order valence-electron chi connectivity index (χ4n) is 10.0. The van der Waals surface area contributed by atoms with Crippen molar-refractivity contribution in [3.8, 4) is 0 Å². The number of fused-ring (bicyclic) bond motifs is 1. The molecule has 3 aromatic rings. The number of carbonyl (C=O) groups excluding carboxylic acids is 5. The second kappa shape index (κ2) is 14.7. The van der Waals surface area contributed by atoms with E-state index in [1.165, 1.54) is 0 Å². The number of anilines is 3. The molecule has 0 radical (unpaired) electrons. The number of hydrogen-bond donors (Lipinski definition) is 1. The van der Waals surface area contributed by atoms with Crippen LogP contribution in [-0.4, -0.2) is 122 Å². The van der Waals surface area contributed by atoms with E-state index in [0.717, 1.165) is 119 Å². The number of imide groups is 2. The maximum Gasteiger partial charge on any atom is 0.262 e. The first-order chi connectivity index (χ1) is 27.9. The number of hydrogen-bond acceptors (Lipinski definition) is 9. The monoisotopic (exact) mass is 802 g/mol. The number of rotatable bonds is 7. The van der Waals surface area contributed by atoms with Gasteiger partial charge in [-0.15, -0.1) is 0 Å². The second-order valence-electron chi connectivity index (χ2n) is 17.4. The minimum absolute atomic E-state index is 0.0766. The Bertz CT molecular complexity index is 2230. The topological polar surface area (TPSA) is 121 Å². The highest BCUT2D eigenvalue weighted by Gasteiger charge is 2.46. The zero-order valence-electron chi connectivity index (χ0n) is 32.7. The fourth-order valence-corrected chi connectivity index (χ4v) is 10.3. The van der Waals surface area contributed by atoms with E-state index >= 15 is 0 Å². The number of piperazine rings is 1. The van der Waals surface area contributed by atoms with Crippen LogP contribution in [0.4, 0.5) is 22.7 Å². The molecule has 6 aliphatic rings. The lowest BCUT2D eigenvalue weighted by Crippen LogP contribution is -2.61. The summed E-state index contributed by atoms with van der Waals surface area (Å²) in [4.78, 5) is 80.1. The van der Waals surface area contributed by atoms with Gasteiger partial charge < -0.3 is 19.6 Å². The van der Waals surface area contributed by atoms with Crippen LogP contribution in [0.25, 0.3) is 4.85 Å². The molecule has 0 aliphatic carbocycles. The van der Waals surface area contributed by atoms with Crippen LogP contribution in [0.1, 0.15) is 70.1 Å². The van der Waals surface area contributed by atoms with Crippen LogP contribution in [0.2, 0.25) is 5.02 Å². The first kappa shape index (κ1) is 38.1. The van der Waals surface area contributed by atoms with Crippen LogP contribution in [0.15, 0.2) is 60.7 Å². The molecule has 3 aromatic carbocycles. The average Bonchev–Trinajstić information content (AvgIpc) is 3.74. The van der Waals surface area contributed by atoms with Crippen LogP contribution < -0.4 is 20.0 Å². The average molecular weight is 803 g/mol. The van der Waals surface area contributed by atoms with Crippen molar-refractivity contribution in [1.29, 1.82) is 0 Å². The Hall–Kier alpha value is -5.45. The van der Waals surface area contributed by atoms with E-state index in [4.69, 9.17) is 18.2 Å². The molecule has 1 atom stereocenters. The Morgan fingerprint density at radius 3 is 2.12 bits per heavy atom. The largest absolute Gasteiger partial charge is 0.371 e. The first-order valence-corrected chi connectivity index (χ1v) is 20.7. The molecule has 1 spiro atoms. The SMILES string of the molecule is [C-]#[N+]c1ccc(N2CCC3(CCN(C(=O)c4ccc(N5CCN(CC6(C)CN(c7ccc8c(c7)C(=O)N(C7CCC(=O)NC7=O)C8=O)C6)CC5)cc4)CC3)C2)cc1Cl. The van der Waals surface area contributed by atoms with Gasteiger partial charge in [-0.1, -0.05) is 24.6 Å². The van der Waals surface area contributed by atoms with Gasteiger partial charge in [-0.3, -0.25) is 39.1 Å². The molecule has 14 heteroatoms. The summed E-state index contributed by atoms with van der Waals surface area (Å²) >= 11 is 6.33. The number of carbonyl (C=O) groups is 5. The van der Waals surface area contributed by atoms with E-state index < -0.39 is 29.7 Å². The van der Waals surface area contributed by atoms with E-state index in [9.17, 15) is 24.0 Å². The van der Waals surface area contributed by atoms with Gasteiger partial charge in [0.1, 0.15) is 6.04 Å². The number of likely N-dealkylation sites (tertiary alicyclic amines) is 1. The Labute approximate surface area is 343 Å². The van der Waals surface area contributed by atoms with E-state index in [2.05, 4.69) is 48.8 Å². The summed E-state index contributed by atoms with van der Waals surface area (Å²) in [5.74, 6) is -1.88. The Morgan fingerprint density at radius 1 is 0.776 bits per heavy atom. The predicted molar refractivity (Wildman–Crippen MR) is 221 cm³/mol. The second-order valence-corrected chi connectivity index (χ2v) is 17.8. The minimum Gasteiger partial charge on any atom is -0.371 e. The molecule has 0 aromatic heterocycles. The summed E-state index contributed by atoms with van der Waals surface area (Å²) in [6.45, 7) is 19.3. The molecule has 0 saturated carbocycles. The molecule has 1 unspecified atom stereocenters. The lowest BCUT2D eigenvalue weighted by Gasteiger charge is -2.52. The standard InChI is InChI=1S/C44H47ClN8O5/c1-43(26-52(27-43)31-7-9-33-34(23-31)42(58)53(41(33)57)37-11-12-38(54)47-39(37)55)25-48-19-21-49(22-20-48)30-5-3-29(4-6-30)40(56)50-16-13-44(14-17-50)15-18-51(28-44)32-8-10-36(46-2)35(45)24-32/h3-10,23-24,37H,11-22,25-28H2,1H3,(H,47,54,55). The highest BCUT2D eigenvalue weighted by atomic mass is 35.5. The third-order valence-corrected chi connectivity index (χ3v) is 13.7. The third kappa shape index (κ3) is 6.96. The molecule has 5 amide bonds.